The van der Waals surface area contributed by atoms with E-state index < -0.39 is 4.92 Å². The molecule has 1 aliphatic heterocycles. The monoisotopic (exact) mass is 387 g/mol. The van der Waals surface area contributed by atoms with Crippen LogP contribution in [0.15, 0.2) is 28.8 Å². The van der Waals surface area contributed by atoms with E-state index >= 15 is 0 Å². The molecule has 3 rings (SSSR count). The number of aromatic nitrogens is 1. The molecule has 0 saturated carbocycles. The maximum absolute atomic E-state index is 11.8. The van der Waals surface area contributed by atoms with Gasteiger partial charge in [0.1, 0.15) is 5.75 Å². The zero-order valence-corrected chi connectivity index (χ0v) is 15.4. The molecule has 1 aromatic carbocycles. The zero-order chi connectivity index (χ0) is 19.9. The van der Waals surface area contributed by atoms with Crippen LogP contribution >= 0.6 is 0 Å². The Morgan fingerprint density at radius 2 is 2.18 bits per heavy atom. The van der Waals surface area contributed by atoms with Gasteiger partial charge in [-0.3, -0.25) is 14.9 Å². The van der Waals surface area contributed by atoms with Gasteiger partial charge in [-0.25, -0.2) is 0 Å². The SMILES string of the molecule is Cc1noc(/C=C/c2ccc(OCC(=O)NC[C@@H]3CCCO3)cc2)c1[N+](=O)[O-]. The number of nitrogens with zero attached hydrogens (tertiary/aromatic N) is 2. The summed E-state index contributed by atoms with van der Waals surface area (Å²) < 4.78 is 15.9. The average molecular weight is 387 g/mol. The van der Waals surface area contributed by atoms with Gasteiger partial charge in [0, 0.05) is 13.2 Å². The first kappa shape index (κ1) is 19.6. The van der Waals surface area contributed by atoms with Gasteiger partial charge in [-0.15, -0.1) is 0 Å². The highest BCUT2D eigenvalue weighted by atomic mass is 16.6. The molecule has 0 radical (unpaired) electrons. The number of nitrogens with one attached hydrogen (secondary N) is 1. The number of aryl methyl sites for hydroxylation is 1. The minimum absolute atomic E-state index is 0.0779. The standard InChI is InChI=1S/C19H21N3O6/c1-13-19(22(24)25)17(28-21-13)9-6-14-4-7-15(8-5-14)27-12-18(23)20-11-16-3-2-10-26-16/h4-9,16H,2-3,10-12H2,1H3,(H,20,23)/b9-6+/t16-/m0/s1. The highest BCUT2D eigenvalue weighted by molar-refractivity contribution is 5.77. The van der Waals surface area contributed by atoms with Gasteiger partial charge in [-0.1, -0.05) is 23.4 Å². The molecular formula is C19H21N3O6. The summed E-state index contributed by atoms with van der Waals surface area (Å²) in [6, 6.07) is 6.97. The van der Waals surface area contributed by atoms with Crippen LogP contribution in [-0.4, -0.2) is 41.8 Å². The summed E-state index contributed by atoms with van der Waals surface area (Å²) in [5, 5.41) is 17.4. The first-order valence-electron chi connectivity index (χ1n) is 8.93. The molecule has 28 heavy (non-hydrogen) atoms. The van der Waals surface area contributed by atoms with E-state index in [2.05, 4.69) is 10.5 Å². The maximum Gasteiger partial charge on any atom is 0.338 e. The Morgan fingerprint density at radius 1 is 1.39 bits per heavy atom. The molecule has 1 amide bonds. The molecule has 9 nitrogen and oxygen atoms in total. The summed E-state index contributed by atoms with van der Waals surface area (Å²) in [4.78, 5) is 22.3. The Hall–Kier alpha value is -3.20. The van der Waals surface area contributed by atoms with E-state index in [0.29, 0.717) is 12.3 Å². The first-order valence-corrected chi connectivity index (χ1v) is 8.93. The van der Waals surface area contributed by atoms with Gasteiger partial charge in [0.2, 0.25) is 5.76 Å². The van der Waals surface area contributed by atoms with Crippen molar-refractivity contribution in [1.29, 1.82) is 0 Å². The highest BCUT2D eigenvalue weighted by Crippen LogP contribution is 2.24. The van der Waals surface area contributed by atoms with Crippen LogP contribution in [0.1, 0.15) is 29.9 Å². The zero-order valence-electron chi connectivity index (χ0n) is 15.4. The van der Waals surface area contributed by atoms with Crippen LogP contribution in [0.4, 0.5) is 5.69 Å². The van der Waals surface area contributed by atoms with Crippen molar-refractivity contribution in [3.05, 3.63) is 51.4 Å². The molecule has 2 aromatic rings. The third-order valence-corrected chi connectivity index (χ3v) is 4.27. The number of carbonyl (C=O) groups excluding carboxylic acids is 1. The van der Waals surface area contributed by atoms with Gasteiger partial charge in [-0.2, -0.15) is 0 Å². The molecule has 0 bridgehead atoms. The third-order valence-electron chi connectivity index (χ3n) is 4.27. The van der Waals surface area contributed by atoms with E-state index in [9.17, 15) is 14.9 Å². The minimum Gasteiger partial charge on any atom is -0.484 e. The van der Waals surface area contributed by atoms with Crippen LogP contribution in [0.25, 0.3) is 12.2 Å². The number of nitro groups is 1. The molecule has 2 heterocycles. The summed E-state index contributed by atoms with van der Waals surface area (Å²) >= 11 is 0. The molecule has 9 heteroatoms. The molecule has 148 valence electrons. The van der Waals surface area contributed by atoms with Crippen molar-refractivity contribution in [3.8, 4) is 5.75 Å². The second-order valence-electron chi connectivity index (χ2n) is 6.37. The van der Waals surface area contributed by atoms with E-state index in [1.165, 1.54) is 13.0 Å². The molecule has 1 fully saturated rings. The summed E-state index contributed by atoms with van der Waals surface area (Å²) in [7, 11) is 0. The molecule has 1 aromatic heterocycles. The van der Waals surface area contributed by atoms with Crippen LogP contribution in [0, 0.1) is 17.0 Å². The highest BCUT2D eigenvalue weighted by Gasteiger charge is 2.21. The number of hydrogen-bond acceptors (Lipinski definition) is 7. The second-order valence-corrected chi connectivity index (χ2v) is 6.37. The fraction of sp³-hybridized carbons (Fsp3) is 0.368. The summed E-state index contributed by atoms with van der Waals surface area (Å²) in [5.74, 6) is 0.434. The summed E-state index contributed by atoms with van der Waals surface area (Å²) in [6.45, 7) is 2.69. The van der Waals surface area contributed by atoms with Crippen molar-refractivity contribution < 1.29 is 23.7 Å². The third kappa shape index (κ3) is 5.17. The molecule has 1 N–H and O–H groups in total. The summed E-state index contributed by atoms with van der Waals surface area (Å²) in [5.41, 5.74) is 0.870. The van der Waals surface area contributed by atoms with Gasteiger partial charge in [-0.05, 0) is 43.5 Å². The van der Waals surface area contributed by atoms with Crippen molar-refractivity contribution >= 4 is 23.7 Å². The number of rotatable bonds is 8. The van der Waals surface area contributed by atoms with Gasteiger partial charge < -0.3 is 19.3 Å². The lowest BCUT2D eigenvalue weighted by atomic mass is 10.2. The number of hydrogen-bond donors (Lipinski definition) is 1. The fourth-order valence-electron chi connectivity index (χ4n) is 2.79. The van der Waals surface area contributed by atoms with Gasteiger partial charge >= 0.3 is 5.69 Å². The smallest absolute Gasteiger partial charge is 0.338 e. The quantitative estimate of drug-likeness (QED) is 0.547. The topological polar surface area (TPSA) is 117 Å². The first-order chi connectivity index (χ1) is 13.5. The Morgan fingerprint density at radius 3 is 2.86 bits per heavy atom. The lowest BCUT2D eigenvalue weighted by Gasteiger charge is -2.11. The van der Waals surface area contributed by atoms with Gasteiger partial charge in [0.05, 0.1) is 11.0 Å². The number of benzene rings is 1. The Bertz CT molecular complexity index is 853. The van der Waals surface area contributed by atoms with E-state index in [0.717, 1.165) is 25.0 Å². The number of ether oxygens (including phenoxy) is 2. The molecule has 0 aliphatic carbocycles. The maximum atomic E-state index is 11.8. The number of carbonyl (C=O) groups is 1. The van der Waals surface area contributed by atoms with Crippen LogP contribution < -0.4 is 10.1 Å². The van der Waals surface area contributed by atoms with Crippen molar-refractivity contribution in [2.24, 2.45) is 0 Å². The van der Waals surface area contributed by atoms with Crippen molar-refractivity contribution in [2.45, 2.75) is 25.9 Å². The average Bonchev–Trinajstić information content (AvgIpc) is 3.33. The van der Waals surface area contributed by atoms with E-state index in [1.54, 1.807) is 30.3 Å². The van der Waals surface area contributed by atoms with Crippen LogP contribution in [0.2, 0.25) is 0 Å². The number of amides is 1. The minimum atomic E-state index is -0.521. The van der Waals surface area contributed by atoms with Gasteiger partial charge in [0.15, 0.2) is 12.3 Å². The molecule has 1 saturated heterocycles. The molecule has 0 spiro atoms. The normalized spacial score (nSPS) is 16.4. The predicted molar refractivity (Wildman–Crippen MR) is 101 cm³/mol. The van der Waals surface area contributed by atoms with E-state index in [4.69, 9.17) is 14.0 Å². The molecule has 1 atom stereocenters. The van der Waals surface area contributed by atoms with E-state index in [-0.39, 0.29) is 35.8 Å². The Labute approximate surface area is 161 Å². The van der Waals surface area contributed by atoms with Crippen LogP contribution in [-0.2, 0) is 9.53 Å². The lowest BCUT2D eigenvalue weighted by molar-refractivity contribution is -0.386. The largest absolute Gasteiger partial charge is 0.484 e. The van der Waals surface area contributed by atoms with Crippen LogP contribution in [0.3, 0.4) is 0 Å². The van der Waals surface area contributed by atoms with Crippen molar-refractivity contribution in [1.82, 2.24) is 10.5 Å². The summed E-state index contributed by atoms with van der Waals surface area (Å²) in [6.07, 6.45) is 5.25. The predicted octanol–water partition coefficient (Wildman–Crippen LogP) is 2.74. The Balaban J connectivity index is 1.49. The van der Waals surface area contributed by atoms with Gasteiger partial charge in [0.25, 0.3) is 5.91 Å². The van der Waals surface area contributed by atoms with Crippen molar-refractivity contribution in [3.63, 3.8) is 0 Å². The lowest BCUT2D eigenvalue weighted by Crippen LogP contribution is -2.35. The van der Waals surface area contributed by atoms with Crippen molar-refractivity contribution in [2.75, 3.05) is 19.8 Å². The van der Waals surface area contributed by atoms with E-state index in [1.807, 2.05) is 0 Å². The second kappa shape index (κ2) is 9.14. The van der Waals surface area contributed by atoms with Crippen LogP contribution in [0.5, 0.6) is 5.75 Å². The molecule has 0 unspecified atom stereocenters. The Kier molecular flexibility index (Phi) is 6.38. The molecule has 1 aliphatic rings. The fourth-order valence-corrected chi connectivity index (χ4v) is 2.79. The molecular weight excluding hydrogens is 366 g/mol.